The summed E-state index contributed by atoms with van der Waals surface area (Å²) < 4.78 is 10.2. The molecule has 5 nitrogen and oxygen atoms in total. The number of benzene rings is 2. The van der Waals surface area contributed by atoms with Crippen molar-refractivity contribution in [1.29, 1.82) is 0 Å². The van der Waals surface area contributed by atoms with Crippen LogP contribution in [0, 0.1) is 11.8 Å². The highest BCUT2D eigenvalue weighted by Gasteiger charge is 2.10. The zero-order valence-corrected chi connectivity index (χ0v) is 18.2. The largest absolute Gasteiger partial charge is 0.465 e. The van der Waals surface area contributed by atoms with Gasteiger partial charge in [0, 0.05) is 42.5 Å². The molecule has 2 aromatic carbocycles. The van der Waals surface area contributed by atoms with Crippen LogP contribution in [0.1, 0.15) is 27.0 Å². The summed E-state index contributed by atoms with van der Waals surface area (Å²) in [5.41, 5.74) is 5.37. The Balaban J connectivity index is 1.37. The van der Waals surface area contributed by atoms with E-state index >= 15 is 0 Å². The maximum atomic E-state index is 11.7. The number of carbonyl (C=O) groups is 1. The minimum Gasteiger partial charge on any atom is -0.465 e. The van der Waals surface area contributed by atoms with Crippen LogP contribution in [0.3, 0.4) is 0 Å². The van der Waals surface area contributed by atoms with Gasteiger partial charge in [-0.1, -0.05) is 36.1 Å². The summed E-state index contributed by atoms with van der Waals surface area (Å²) in [5.74, 6) is 6.07. The molecule has 1 aromatic heterocycles. The van der Waals surface area contributed by atoms with Crippen LogP contribution in [-0.2, 0) is 15.9 Å². The lowest BCUT2D eigenvalue weighted by Crippen LogP contribution is -2.37. The van der Waals surface area contributed by atoms with Crippen LogP contribution >= 0.6 is 0 Å². The zero-order chi connectivity index (χ0) is 22.2. The molecule has 1 saturated heterocycles. The molecular weight excluding hydrogens is 400 g/mol. The maximum absolute atomic E-state index is 11.7. The van der Waals surface area contributed by atoms with Crippen LogP contribution in [0.25, 0.3) is 11.3 Å². The average molecular weight is 427 g/mol. The Morgan fingerprint density at radius 2 is 1.66 bits per heavy atom. The summed E-state index contributed by atoms with van der Waals surface area (Å²) in [4.78, 5) is 18.5. The van der Waals surface area contributed by atoms with E-state index in [0.29, 0.717) is 5.56 Å². The predicted molar refractivity (Wildman–Crippen MR) is 124 cm³/mol. The number of pyridine rings is 1. The highest BCUT2D eigenvalue weighted by Crippen LogP contribution is 2.19. The van der Waals surface area contributed by atoms with E-state index in [0.717, 1.165) is 61.7 Å². The Bertz CT molecular complexity index is 1110. The first-order chi connectivity index (χ1) is 15.7. The summed E-state index contributed by atoms with van der Waals surface area (Å²) >= 11 is 0. The van der Waals surface area contributed by atoms with Crippen molar-refractivity contribution < 1.29 is 14.3 Å². The molecule has 0 saturated carbocycles. The van der Waals surface area contributed by atoms with Crippen molar-refractivity contribution in [2.24, 2.45) is 0 Å². The number of hydrogen-bond donors (Lipinski definition) is 0. The van der Waals surface area contributed by atoms with Gasteiger partial charge in [0.05, 0.1) is 31.6 Å². The molecular formula is C27H26N2O3. The summed E-state index contributed by atoms with van der Waals surface area (Å²) in [7, 11) is 1.37. The summed E-state index contributed by atoms with van der Waals surface area (Å²) in [5, 5.41) is 0. The molecule has 0 radical (unpaired) electrons. The molecule has 32 heavy (non-hydrogen) atoms. The molecule has 0 N–H and O–H groups in total. The second-order valence-electron chi connectivity index (χ2n) is 7.65. The van der Waals surface area contributed by atoms with Crippen LogP contribution in [-0.4, -0.2) is 55.8 Å². The van der Waals surface area contributed by atoms with E-state index in [2.05, 4.69) is 46.0 Å². The van der Waals surface area contributed by atoms with Gasteiger partial charge < -0.3 is 9.47 Å². The third kappa shape index (κ3) is 5.82. The molecule has 1 aliphatic rings. The number of hydrogen-bond acceptors (Lipinski definition) is 5. The number of esters is 1. The maximum Gasteiger partial charge on any atom is 0.337 e. The molecule has 5 heteroatoms. The fourth-order valence-corrected chi connectivity index (χ4v) is 3.57. The van der Waals surface area contributed by atoms with E-state index in [4.69, 9.17) is 9.47 Å². The Labute approximate surface area is 189 Å². The number of methoxy groups -OCH3 is 1. The first-order valence-electron chi connectivity index (χ1n) is 10.8. The van der Waals surface area contributed by atoms with E-state index < -0.39 is 0 Å². The van der Waals surface area contributed by atoms with Gasteiger partial charge in [0.1, 0.15) is 0 Å². The van der Waals surface area contributed by atoms with Crippen molar-refractivity contribution in [2.75, 3.05) is 40.0 Å². The van der Waals surface area contributed by atoms with Crippen molar-refractivity contribution in [3.63, 3.8) is 0 Å². The van der Waals surface area contributed by atoms with Gasteiger partial charge in [-0.25, -0.2) is 4.79 Å². The molecule has 0 unspecified atom stereocenters. The Morgan fingerprint density at radius 1 is 1.00 bits per heavy atom. The Kier molecular flexibility index (Phi) is 7.29. The SMILES string of the molecule is COC(=O)c1ccnc(-c2ccc(C#Cc3ccc(CCN4CCOCC4)cc3)cc2)c1. The molecule has 4 rings (SSSR count). The molecule has 2 heterocycles. The third-order valence-corrected chi connectivity index (χ3v) is 5.49. The quantitative estimate of drug-likeness (QED) is 0.459. The molecule has 3 aromatic rings. The first-order valence-corrected chi connectivity index (χ1v) is 10.8. The molecule has 0 spiro atoms. The lowest BCUT2D eigenvalue weighted by atomic mass is 10.1. The van der Waals surface area contributed by atoms with Crippen LogP contribution in [0.5, 0.6) is 0 Å². The van der Waals surface area contributed by atoms with Crippen LogP contribution in [0.15, 0.2) is 66.9 Å². The van der Waals surface area contributed by atoms with Gasteiger partial charge in [-0.3, -0.25) is 9.88 Å². The molecule has 0 aliphatic carbocycles. The van der Waals surface area contributed by atoms with E-state index in [1.807, 2.05) is 24.3 Å². The average Bonchev–Trinajstić information content (AvgIpc) is 2.87. The van der Waals surface area contributed by atoms with Crippen molar-refractivity contribution in [1.82, 2.24) is 9.88 Å². The standard InChI is InChI=1S/C27H26N2O3/c1-31-27(30)25-12-14-28-26(20-25)24-10-8-22(9-11-24)3-2-21-4-6-23(7-5-21)13-15-29-16-18-32-19-17-29/h4-12,14,20H,13,15-19H2,1H3. The molecule has 162 valence electrons. The van der Waals surface area contributed by atoms with Gasteiger partial charge in [-0.15, -0.1) is 0 Å². The second-order valence-corrected chi connectivity index (χ2v) is 7.65. The highest BCUT2D eigenvalue weighted by atomic mass is 16.5. The fraction of sp³-hybridized carbons (Fsp3) is 0.259. The van der Waals surface area contributed by atoms with Crippen LogP contribution < -0.4 is 0 Å². The number of aromatic nitrogens is 1. The van der Waals surface area contributed by atoms with Crippen molar-refractivity contribution in [3.8, 4) is 23.1 Å². The molecule has 0 atom stereocenters. The summed E-state index contributed by atoms with van der Waals surface area (Å²) in [6.45, 7) is 4.79. The van der Waals surface area contributed by atoms with Gasteiger partial charge in [0.15, 0.2) is 0 Å². The smallest absolute Gasteiger partial charge is 0.337 e. The van der Waals surface area contributed by atoms with Gasteiger partial charge in [-0.2, -0.15) is 0 Å². The zero-order valence-electron chi connectivity index (χ0n) is 18.2. The monoisotopic (exact) mass is 426 g/mol. The number of ether oxygens (including phenoxy) is 2. The van der Waals surface area contributed by atoms with E-state index in [1.54, 1.807) is 18.3 Å². The highest BCUT2D eigenvalue weighted by molar-refractivity contribution is 5.90. The predicted octanol–water partition coefficient (Wildman–Crippen LogP) is 3.81. The Morgan fingerprint density at radius 3 is 2.31 bits per heavy atom. The first kappa shape index (κ1) is 21.8. The van der Waals surface area contributed by atoms with Gasteiger partial charge in [0.25, 0.3) is 0 Å². The van der Waals surface area contributed by atoms with Gasteiger partial charge in [0.2, 0.25) is 0 Å². The summed E-state index contributed by atoms with van der Waals surface area (Å²) in [6, 6.07) is 19.7. The van der Waals surface area contributed by atoms with E-state index in [-0.39, 0.29) is 5.97 Å². The second kappa shape index (κ2) is 10.7. The normalized spacial score (nSPS) is 13.8. The number of nitrogens with zero attached hydrogens (tertiary/aromatic N) is 2. The van der Waals surface area contributed by atoms with Gasteiger partial charge >= 0.3 is 5.97 Å². The fourth-order valence-electron chi connectivity index (χ4n) is 3.57. The molecule has 1 aliphatic heterocycles. The van der Waals surface area contributed by atoms with Crippen LogP contribution in [0.2, 0.25) is 0 Å². The number of carbonyl (C=O) groups excluding carboxylic acids is 1. The molecule has 0 amide bonds. The Hall–Kier alpha value is -3.46. The number of morpholine rings is 1. The lowest BCUT2D eigenvalue weighted by Gasteiger charge is -2.26. The molecule has 0 bridgehead atoms. The van der Waals surface area contributed by atoms with Crippen molar-refractivity contribution in [2.45, 2.75) is 6.42 Å². The third-order valence-electron chi connectivity index (χ3n) is 5.49. The van der Waals surface area contributed by atoms with Crippen molar-refractivity contribution in [3.05, 3.63) is 89.1 Å². The number of rotatable bonds is 5. The minimum atomic E-state index is -0.372. The molecule has 1 fully saturated rings. The lowest BCUT2D eigenvalue weighted by molar-refractivity contribution is 0.0384. The van der Waals surface area contributed by atoms with E-state index in [1.165, 1.54) is 12.7 Å². The minimum absolute atomic E-state index is 0.372. The van der Waals surface area contributed by atoms with Crippen molar-refractivity contribution >= 4 is 5.97 Å². The summed E-state index contributed by atoms with van der Waals surface area (Å²) in [6.07, 6.45) is 2.65. The van der Waals surface area contributed by atoms with E-state index in [9.17, 15) is 4.79 Å². The van der Waals surface area contributed by atoms with Gasteiger partial charge in [-0.05, 0) is 48.4 Å². The topological polar surface area (TPSA) is 51.7 Å². The van der Waals surface area contributed by atoms with Crippen LogP contribution in [0.4, 0.5) is 0 Å².